The summed E-state index contributed by atoms with van der Waals surface area (Å²) in [5.74, 6) is 0.218. The van der Waals surface area contributed by atoms with Crippen molar-refractivity contribution in [3.05, 3.63) is 46.5 Å². The van der Waals surface area contributed by atoms with Crippen LogP contribution in [0.5, 0.6) is 0 Å². The van der Waals surface area contributed by atoms with Crippen LogP contribution in [0.3, 0.4) is 0 Å². The molecule has 154 valence electrons. The molecule has 1 amide bonds. The monoisotopic (exact) mass is 420 g/mol. The number of hydrogen-bond donors (Lipinski definition) is 2. The van der Waals surface area contributed by atoms with E-state index in [9.17, 15) is 15.3 Å². The lowest BCUT2D eigenvalue weighted by Gasteiger charge is -2.24. The second kappa shape index (κ2) is 10.1. The third-order valence-electron chi connectivity index (χ3n) is 5.01. The van der Waals surface area contributed by atoms with Gasteiger partial charge in [0.1, 0.15) is 23.0 Å². The smallest absolute Gasteiger partial charge is 0.221 e. The maximum atomic E-state index is 11.5. The first kappa shape index (κ1) is 21.6. The first-order valence-electron chi connectivity index (χ1n) is 9.95. The molecular weight excluding hydrogens is 396 g/mol. The minimum absolute atomic E-state index is 0.118. The summed E-state index contributed by atoms with van der Waals surface area (Å²) in [7, 11) is 0. The van der Waals surface area contributed by atoms with E-state index in [2.05, 4.69) is 22.4 Å². The molecule has 0 saturated carbocycles. The van der Waals surface area contributed by atoms with Crippen LogP contribution in [0.15, 0.2) is 34.2 Å². The number of nitrogens with one attached hydrogen (secondary N) is 1. The van der Waals surface area contributed by atoms with Crippen molar-refractivity contribution in [1.29, 1.82) is 10.5 Å². The lowest BCUT2D eigenvalue weighted by molar-refractivity contribution is -0.117. The van der Waals surface area contributed by atoms with Gasteiger partial charge in [0, 0.05) is 24.5 Å². The van der Waals surface area contributed by atoms with E-state index in [4.69, 9.17) is 10.7 Å². The van der Waals surface area contributed by atoms with Gasteiger partial charge in [-0.25, -0.2) is 4.98 Å². The average molecular weight is 421 g/mol. The highest BCUT2D eigenvalue weighted by Gasteiger charge is 2.24. The van der Waals surface area contributed by atoms with Crippen molar-refractivity contribution in [2.45, 2.75) is 36.1 Å². The minimum atomic E-state index is -0.414. The molecule has 1 aromatic heterocycles. The molecule has 1 fully saturated rings. The molecule has 0 radical (unpaired) electrons. The van der Waals surface area contributed by atoms with E-state index in [-0.39, 0.29) is 6.42 Å². The SMILES string of the molecule is CCc1c(C#N)c(Sc2ccccc2CC(N)=O)nc(N2CCCNCC2)c1C#N. The first-order valence-corrected chi connectivity index (χ1v) is 10.8. The van der Waals surface area contributed by atoms with E-state index >= 15 is 0 Å². The number of aromatic nitrogens is 1. The van der Waals surface area contributed by atoms with Crippen molar-refractivity contribution >= 4 is 23.5 Å². The number of hydrogen-bond acceptors (Lipinski definition) is 7. The summed E-state index contributed by atoms with van der Waals surface area (Å²) in [4.78, 5) is 19.2. The Bertz CT molecular complexity index is 1020. The number of nitrogens with two attached hydrogens (primary N) is 1. The quantitative estimate of drug-likeness (QED) is 0.736. The summed E-state index contributed by atoms with van der Waals surface area (Å²) < 4.78 is 0. The van der Waals surface area contributed by atoms with Crippen molar-refractivity contribution in [2.75, 3.05) is 31.1 Å². The number of amides is 1. The van der Waals surface area contributed by atoms with Crippen LogP contribution in [-0.4, -0.2) is 37.1 Å². The lowest BCUT2D eigenvalue weighted by atomic mass is 10.0. The second-order valence-electron chi connectivity index (χ2n) is 6.99. The van der Waals surface area contributed by atoms with Crippen molar-refractivity contribution in [3.63, 3.8) is 0 Å². The van der Waals surface area contributed by atoms with Gasteiger partial charge in [-0.1, -0.05) is 36.9 Å². The molecule has 0 spiro atoms. The van der Waals surface area contributed by atoms with Gasteiger partial charge in [0.2, 0.25) is 5.91 Å². The van der Waals surface area contributed by atoms with Crippen molar-refractivity contribution in [2.24, 2.45) is 5.73 Å². The Kier molecular flexibility index (Phi) is 7.29. The van der Waals surface area contributed by atoms with Gasteiger partial charge in [-0.2, -0.15) is 10.5 Å². The molecule has 0 unspecified atom stereocenters. The van der Waals surface area contributed by atoms with E-state index in [1.807, 2.05) is 31.2 Å². The maximum absolute atomic E-state index is 11.5. The molecule has 1 aromatic carbocycles. The largest absolute Gasteiger partial charge is 0.369 e. The molecule has 1 saturated heterocycles. The van der Waals surface area contributed by atoms with Gasteiger partial charge < -0.3 is 16.0 Å². The number of carbonyl (C=O) groups is 1. The Morgan fingerprint density at radius 2 is 2.00 bits per heavy atom. The third kappa shape index (κ3) is 4.73. The zero-order valence-corrected chi connectivity index (χ0v) is 17.8. The van der Waals surface area contributed by atoms with Crippen LogP contribution in [0, 0.1) is 22.7 Å². The number of carbonyl (C=O) groups excluding carboxylic acids is 1. The summed E-state index contributed by atoms with van der Waals surface area (Å²) >= 11 is 1.35. The van der Waals surface area contributed by atoms with E-state index in [0.29, 0.717) is 28.4 Å². The van der Waals surface area contributed by atoms with Gasteiger partial charge in [-0.05, 0) is 36.6 Å². The van der Waals surface area contributed by atoms with Gasteiger partial charge in [0.15, 0.2) is 0 Å². The highest BCUT2D eigenvalue weighted by Crippen LogP contribution is 2.37. The van der Waals surface area contributed by atoms with Gasteiger partial charge in [0.05, 0.1) is 17.5 Å². The van der Waals surface area contributed by atoms with Crippen LogP contribution in [0.4, 0.5) is 5.82 Å². The lowest BCUT2D eigenvalue weighted by Crippen LogP contribution is -2.30. The number of primary amides is 1. The van der Waals surface area contributed by atoms with Gasteiger partial charge in [0.25, 0.3) is 0 Å². The summed E-state index contributed by atoms with van der Waals surface area (Å²) in [6.45, 7) is 5.24. The topological polar surface area (TPSA) is 119 Å². The number of pyridine rings is 1. The molecule has 3 N–H and O–H groups in total. The molecule has 0 bridgehead atoms. The fourth-order valence-corrected chi connectivity index (χ4v) is 4.61. The molecular formula is C22H24N6OS. The Labute approximate surface area is 180 Å². The van der Waals surface area contributed by atoms with Crippen molar-refractivity contribution in [1.82, 2.24) is 10.3 Å². The average Bonchev–Trinajstić information content (AvgIpc) is 3.03. The fourth-order valence-electron chi connectivity index (χ4n) is 3.58. The molecule has 30 heavy (non-hydrogen) atoms. The second-order valence-corrected chi connectivity index (χ2v) is 8.02. The van der Waals surface area contributed by atoms with Crippen LogP contribution in [-0.2, 0) is 17.6 Å². The Morgan fingerprint density at radius 1 is 1.23 bits per heavy atom. The molecule has 1 aliphatic heterocycles. The zero-order valence-electron chi connectivity index (χ0n) is 16.9. The zero-order chi connectivity index (χ0) is 21.5. The summed E-state index contributed by atoms with van der Waals surface area (Å²) in [5, 5.41) is 23.7. The van der Waals surface area contributed by atoms with Crippen molar-refractivity contribution in [3.8, 4) is 12.1 Å². The predicted molar refractivity (Wildman–Crippen MR) is 116 cm³/mol. The third-order valence-corrected chi connectivity index (χ3v) is 6.12. The minimum Gasteiger partial charge on any atom is -0.369 e. The molecule has 1 aliphatic rings. The number of nitriles is 2. The van der Waals surface area contributed by atoms with Gasteiger partial charge >= 0.3 is 0 Å². The van der Waals surface area contributed by atoms with Crippen molar-refractivity contribution < 1.29 is 4.79 Å². The summed E-state index contributed by atoms with van der Waals surface area (Å²) in [6.07, 6.45) is 1.63. The Balaban J connectivity index is 2.13. The van der Waals surface area contributed by atoms with E-state index < -0.39 is 5.91 Å². The summed E-state index contributed by atoms with van der Waals surface area (Å²) in [6, 6.07) is 12.0. The fraction of sp³-hybridized carbons (Fsp3) is 0.364. The molecule has 0 aliphatic carbocycles. The van der Waals surface area contributed by atoms with Gasteiger partial charge in [-0.3, -0.25) is 4.79 Å². The highest BCUT2D eigenvalue weighted by atomic mass is 32.2. The standard InChI is InChI=1S/C22H24N6OS/c1-2-16-17(13-23)21(28-10-5-8-26-9-11-28)27-22(18(16)14-24)30-19-7-4-3-6-15(19)12-20(25)29/h3-4,6-7,26H,2,5,8-12H2,1H3,(H2,25,29). The predicted octanol–water partition coefficient (Wildman–Crippen LogP) is 2.37. The van der Waals surface area contributed by atoms with Crippen LogP contribution in [0.2, 0.25) is 0 Å². The van der Waals surface area contributed by atoms with Crippen LogP contribution in [0.1, 0.15) is 35.6 Å². The molecule has 2 heterocycles. The number of benzene rings is 1. The maximum Gasteiger partial charge on any atom is 0.221 e. The first-order chi connectivity index (χ1) is 14.6. The van der Waals surface area contributed by atoms with E-state index in [0.717, 1.165) is 48.6 Å². The summed E-state index contributed by atoms with van der Waals surface area (Å²) in [5.41, 5.74) is 7.81. The van der Waals surface area contributed by atoms with Crippen LogP contribution in [0.25, 0.3) is 0 Å². The molecule has 7 nitrogen and oxygen atoms in total. The van der Waals surface area contributed by atoms with E-state index in [1.165, 1.54) is 11.8 Å². The normalized spacial score (nSPS) is 13.9. The number of nitrogens with zero attached hydrogens (tertiary/aromatic N) is 4. The molecule has 8 heteroatoms. The van der Waals surface area contributed by atoms with Crippen LogP contribution >= 0.6 is 11.8 Å². The highest BCUT2D eigenvalue weighted by molar-refractivity contribution is 7.99. The van der Waals surface area contributed by atoms with Crippen LogP contribution < -0.4 is 16.0 Å². The molecule has 3 rings (SSSR count). The van der Waals surface area contributed by atoms with E-state index in [1.54, 1.807) is 0 Å². The Hall–Kier alpha value is -3.07. The van der Waals surface area contributed by atoms with Gasteiger partial charge in [-0.15, -0.1) is 0 Å². The molecule has 2 aromatic rings. The number of rotatable bonds is 6. The number of anilines is 1. The Morgan fingerprint density at radius 3 is 2.70 bits per heavy atom. The molecule has 0 atom stereocenters.